The molecule has 192 valence electrons. The van der Waals surface area contributed by atoms with Crippen LogP contribution < -0.4 is 14.9 Å². The molecule has 3 aromatic rings. The van der Waals surface area contributed by atoms with Crippen molar-refractivity contribution in [1.82, 2.24) is 4.90 Å². The quantitative estimate of drug-likeness (QED) is 0.393. The van der Waals surface area contributed by atoms with Crippen molar-refractivity contribution in [2.24, 2.45) is 0 Å². The summed E-state index contributed by atoms with van der Waals surface area (Å²) in [6, 6.07) is 7.62. The molecule has 0 spiro atoms. The maximum Gasteiger partial charge on any atom is 0.306 e. The smallest absolute Gasteiger partial charge is 0.306 e. The first-order chi connectivity index (χ1) is 17.9. The zero-order valence-corrected chi connectivity index (χ0v) is 20.3. The van der Waals surface area contributed by atoms with E-state index in [4.69, 9.17) is 23.4 Å². The molecule has 1 N–H and O–H groups in total. The number of carbonyl (C=O) groups excluding carboxylic acids is 2. The SMILES string of the molecule is COC(=O)C[C@@H](c1c(O)ccc2c1O/C(=C\N1CCOCC1)C2=O)c1coc2ccc(OC)cc2c1=O. The van der Waals surface area contributed by atoms with Crippen molar-refractivity contribution in [2.45, 2.75) is 12.3 Å². The highest BCUT2D eigenvalue weighted by Gasteiger charge is 2.37. The van der Waals surface area contributed by atoms with E-state index in [-0.39, 0.29) is 51.5 Å². The average molecular weight is 507 g/mol. The molecule has 3 heterocycles. The summed E-state index contributed by atoms with van der Waals surface area (Å²) in [6.45, 7) is 2.25. The lowest BCUT2D eigenvalue weighted by Gasteiger charge is -2.25. The average Bonchev–Trinajstić information content (AvgIpc) is 3.23. The Balaban J connectivity index is 1.65. The summed E-state index contributed by atoms with van der Waals surface area (Å²) in [5.41, 5.74) is 0.345. The second-order valence-corrected chi connectivity index (χ2v) is 8.66. The lowest BCUT2D eigenvalue weighted by Crippen LogP contribution is -2.32. The first-order valence-electron chi connectivity index (χ1n) is 11.7. The number of phenols is 1. The molecule has 2 aromatic carbocycles. The Bertz CT molecular complexity index is 1470. The van der Waals surface area contributed by atoms with Crippen LogP contribution in [-0.2, 0) is 14.3 Å². The maximum absolute atomic E-state index is 13.6. The van der Waals surface area contributed by atoms with E-state index in [9.17, 15) is 19.5 Å². The topological polar surface area (TPSA) is 125 Å². The van der Waals surface area contributed by atoms with Crippen LogP contribution in [0.3, 0.4) is 0 Å². The molecule has 0 unspecified atom stereocenters. The van der Waals surface area contributed by atoms with Gasteiger partial charge in [-0.25, -0.2) is 0 Å². The molecule has 10 nitrogen and oxygen atoms in total. The number of phenolic OH excluding ortho intramolecular Hbond substituents is 1. The number of carbonyl (C=O) groups is 2. The van der Waals surface area contributed by atoms with Crippen LogP contribution in [0.15, 0.2) is 57.8 Å². The molecule has 2 aliphatic heterocycles. The minimum Gasteiger partial charge on any atom is -0.508 e. The zero-order valence-electron chi connectivity index (χ0n) is 20.3. The Labute approximate surface area is 211 Å². The van der Waals surface area contributed by atoms with Gasteiger partial charge in [0.2, 0.25) is 5.78 Å². The fourth-order valence-corrected chi connectivity index (χ4v) is 4.57. The molecule has 0 aliphatic carbocycles. The molecular weight excluding hydrogens is 482 g/mol. The normalized spacial score (nSPS) is 17.0. The minimum absolute atomic E-state index is 0.0795. The van der Waals surface area contributed by atoms with Crippen molar-refractivity contribution in [1.29, 1.82) is 0 Å². The van der Waals surface area contributed by atoms with Crippen molar-refractivity contribution >= 4 is 22.7 Å². The monoisotopic (exact) mass is 507 g/mol. The van der Waals surface area contributed by atoms with Crippen molar-refractivity contribution in [3.8, 4) is 17.2 Å². The molecule has 0 saturated carbocycles. The number of ether oxygens (including phenoxy) is 4. The van der Waals surface area contributed by atoms with Crippen LogP contribution in [0.1, 0.15) is 33.8 Å². The molecule has 0 amide bonds. The van der Waals surface area contributed by atoms with Gasteiger partial charge in [-0.1, -0.05) is 0 Å². The number of benzene rings is 2. The fourth-order valence-electron chi connectivity index (χ4n) is 4.57. The molecule has 0 radical (unpaired) electrons. The number of aromatic hydroxyl groups is 1. The highest BCUT2D eigenvalue weighted by Crippen LogP contribution is 2.46. The van der Waals surface area contributed by atoms with E-state index in [0.717, 1.165) is 0 Å². The van der Waals surface area contributed by atoms with Crippen LogP contribution in [0.5, 0.6) is 17.2 Å². The van der Waals surface area contributed by atoms with Crippen molar-refractivity contribution in [3.63, 3.8) is 0 Å². The summed E-state index contributed by atoms with van der Waals surface area (Å²) in [6.07, 6.45) is 2.57. The second-order valence-electron chi connectivity index (χ2n) is 8.66. The summed E-state index contributed by atoms with van der Waals surface area (Å²) in [7, 11) is 2.71. The molecule has 0 bridgehead atoms. The van der Waals surface area contributed by atoms with Crippen LogP contribution in [0.4, 0.5) is 0 Å². The molecule has 10 heteroatoms. The standard InChI is InChI=1S/C27H25NO9/c1-33-15-3-6-21-18(11-15)25(31)19(14-36-21)17(12-23(30)34-2)24-20(29)5-4-16-26(32)22(37-27(16)24)13-28-7-9-35-10-8-28/h3-6,11,13-14,17,29H,7-10,12H2,1-2H3/b22-13-/t17-/m1/s1. The summed E-state index contributed by atoms with van der Waals surface area (Å²) >= 11 is 0. The van der Waals surface area contributed by atoms with Crippen molar-refractivity contribution in [2.75, 3.05) is 40.5 Å². The predicted octanol–water partition coefficient (Wildman–Crippen LogP) is 2.95. The molecule has 5 rings (SSSR count). The number of nitrogens with zero attached hydrogens (tertiary/aromatic N) is 1. The van der Waals surface area contributed by atoms with Gasteiger partial charge in [-0.15, -0.1) is 0 Å². The molecule has 1 aromatic heterocycles. The van der Waals surface area contributed by atoms with Crippen LogP contribution >= 0.6 is 0 Å². The first kappa shape index (κ1) is 24.4. The number of methoxy groups -OCH3 is 2. The van der Waals surface area contributed by atoms with Gasteiger partial charge in [0.15, 0.2) is 11.2 Å². The van der Waals surface area contributed by atoms with Crippen molar-refractivity contribution < 1.29 is 38.1 Å². The third kappa shape index (κ3) is 4.51. The van der Waals surface area contributed by atoms with Crippen LogP contribution in [0, 0.1) is 0 Å². The Kier molecular flexibility index (Phi) is 6.58. The number of hydrogen-bond donors (Lipinski definition) is 1. The van der Waals surface area contributed by atoms with Gasteiger partial charge in [0, 0.05) is 36.3 Å². The second kappa shape index (κ2) is 9.98. The summed E-state index contributed by atoms with van der Waals surface area (Å²) in [5.74, 6) is -1.63. The van der Waals surface area contributed by atoms with E-state index >= 15 is 0 Å². The third-order valence-corrected chi connectivity index (χ3v) is 6.53. The number of allylic oxidation sites excluding steroid dienone is 1. The molecule has 1 saturated heterocycles. The number of rotatable bonds is 6. The molecule has 1 fully saturated rings. The maximum atomic E-state index is 13.6. The molecule has 37 heavy (non-hydrogen) atoms. The van der Waals surface area contributed by atoms with Crippen LogP contribution in [0.2, 0.25) is 0 Å². The highest BCUT2D eigenvalue weighted by atomic mass is 16.5. The van der Waals surface area contributed by atoms with E-state index in [0.29, 0.717) is 37.6 Å². The number of morpholine rings is 1. The number of fused-ring (bicyclic) bond motifs is 2. The van der Waals surface area contributed by atoms with Gasteiger partial charge in [0.05, 0.1) is 51.1 Å². The number of ketones is 1. The molecule has 2 aliphatic rings. The van der Waals surface area contributed by atoms with Crippen molar-refractivity contribution in [3.05, 3.63) is 75.5 Å². The van der Waals surface area contributed by atoms with Gasteiger partial charge >= 0.3 is 5.97 Å². The summed E-state index contributed by atoms with van der Waals surface area (Å²) in [4.78, 5) is 41.1. The summed E-state index contributed by atoms with van der Waals surface area (Å²) in [5, 5.41) is 11.2. The number of esters is 1. The largest absolute Gasteiger partial charge is 0.508 e. The lowest BCUT2D eigenvalue weighted by molar-refractivity contribution is -0.140. The number of Topliss-reactive ketones (excluding diaryl/α,β-unsaturated/α-hetero) is 1. The Morgan fingerprint density at radius 3 is 2.68 bits per heavy atom. The van der Waals surface area contributed by atoms with Gasteiger partial charge in [-0.05, 0) is 30.3 Å². The minimum atomic E-state index is -1.02. The first-order valence-corrected chi connectivity index (χ1v) is 11.7. The van der Waals surface area contributed by atoms with E-state index in [2.05, 4.69) is 0 Å². The Morgan fingerprint density at radius 1 is 1.16 bits per heavy atom. The third-order valence-electron chi connectivity index (χ3n) is 6.53. The van der Waals surface area contributed by atoms with E-state index in [1.807, 2.05) is 4.90 Å². The van der Waals surface area contributed by atoms with E-state index in [1.54, 1.807) is 24.4 Å². The lowest BCUT2D eigenvalue weighted by atomic mass is 9.86. The van der Waals surface area contributed by atoms with Gasteiger partial charge in [0.25, 0.3) is 0 Å². The molecule has 1 atom stereocenters. The fraction of sp³-hybridized carbons (Fsp3) is 0.296. The van der Waals surface area contributed by atoms with Gasteiger partial charge in [-0.2, -0.15) is 0 Å². The van der Waals surface area contributed by atoms with Crippen LogP contribution in [0.25, 0.3) is 11.0 Å². The number of hydrogen-bond acceptors (Lipinski definition) is 10. The van der Waals surface area contributed by atoms with E-state index in [1.165, 1.54) is 32.6 Å². The highest BCUT2D eigenvalue weighted by molar-refractivity contribution is 6.12. The Morgan fingerprint density at radius 2 is 1.95 bits per heavy atom. The van der Waals surface area contributed by atoms with Gasteiger partial charge in [0.1, 0.15) is 22.8 Å². The Hall–Kier alpha value is -4.31. The zero-order chi connectivity index (χ0) is 26.1. The van der Waals surface area contributed by atoms with Gasteiger partial charge in [-0.3, -0.25) is 14.4 Å². The van der Waals surface area contributed by atoms with E-state index < -0.39 is 17.3 Å². The molecular formula is C27H25NO9. The summed E-state index contributed by atoms with van der Waals surface area (Å²) < 4.78 is 27.2. The van der Waals surface area contributed by atoms with Gasteiger partial charge < -0.3 is 33.4 Å². The van der Waals surface area contributed by atoms with Crippen LogP contribution in [-0.4, -0.2) is 62.3 Å². The predicted molar refractivity (Wildman–Crippen MR) is 131 cm³/mol.